The Labute approximate surface area is 283 Å². The van der Waals surface area contributed by atoms with Crippen molar-refractivity contribution in [1.82, 2.24) is 0 Å². The number of hydrogen-bond acceptors (Lipinski definition) is 6. The zero-order valence-corrected chi connectivity index (χ0v) is 33.8. The van der Waals surface area contributed by atoms with Gasteiger partial charge in [0.1, 0.15) is 12.2 Å². The van der Waals surface area contributed by atoms with Gasteiger partial charge < -0.3 is 18.3 Å². The van der Waals surface area contributed by atoms with Crippen molar-refractivity contribution in [1.29, 1.82) is 0 Å². The molecule has 46 heavy (non-hydrogen) atoms. The minimum atomic E-state index is -2.05. The average Bonchev–Trinajstić information content (AvgIpc) is 3.28. The molecule has 1 aliphatic heterocycles. The van der Waals surface area contributed by atoms with Gasteiger partial charge in [-0.2, -0.15) is 0 Å². The molecule has 1 saturated carbocycles. The molecule has 7 unspecified atom stereocenters. The van der Waals surface area contributed by atoms with Crippen molar-refractivity contribution in [3.8, 4) is 0 Å². The van der Waals surface area contributed by atoms with Gasteiger partial charge in [0.25, 0.3) is 0 Å². The molecule has 1 saturated heterocycles. The molecule has 4 aliphatic rings. The molecule has 8 heteroatoms. The van der Waals surface area contributed by atoms with Gasteiger partial charge in [0.15, 0.2) is 16.6 Å². The Kier molecular flexibility index (Phi) is 10.3. The van der Waals surface area contributed by atoms with Crippen molar-refractivity contribution in [2.75, 3.05) is 0 Å². The molecule has 7 atom stereocenters. The molecule has 0 aromatic carbocycles. The first-order chi connectivity index (χ1) is 20.8. The first-order valence-corrected chi connectivity index (χ1v) is 23.8. The molecule has 0 amide bonds. The number of allylic oxidation sites excluding steroid dienone is 2. The highest BCUT2D eigenvalue weighted by molar-refractivity contribution is 6.74. The third kappa shape index (κ3) is 7.50. The van der Waals surface area contributed by atoms with Crippen LogP contribution in [0.25, 0.3) is 0 Å². The van der Waals surface area contributed by atoms with Crippen LogP contribution in [0, 0.1) is 34.5 Å². The van der Waals surface area contributed by atoms with Crippen LogP contribution in [0.1, 0.15) is 108 Å². The third-order valence-electron chi connectivity index (χ3n) is 13.4. The van der Waals surface area contributed by atoms with Crippen molar-refractivity contribution in [3.05, 3.63) is 23.8 Å². The fourth-order valence-electron chi connectivity index (χ4n) is 7.69. The molecule has 262 valence electrons. The second-order valence-corrected chi connectivity index (χ2v) is 28.7. The van der Waals surface area contributed by atoms with E-state index in [1.807, 2.05) is 0 Å². The van der Waals surface area contributed by atoms with Crippen molar-refractivity contribution >= 4 is 28.6 Å². The predicted molar refractivity (Wildman–Crippen MR) is 191 cm³/mol. The lowest BCUT2D eigenvalue weighted by Crippen LogP contribution is -2.48. The predicted octanol–water partition coefficient (Wildman–Crippen LogP) is 9.62. The molecule has 2 fully saturated rings. The minimum absolute atomic E-state index is 0.0693. The standard InChI is InChI=1S/C38H66O6Si2/c1-24-16-17-25-20-27(43-45(12,13)35(2,3)4)22-30(42-34(40)33-37(8,9)38(33,10)11)32(25)29(24)19-18-26-21-28(23-31(39)41-26)44-46(14,15)36(5,6)7/h16-17,20,24,26-30,32-33H,18-19,21-23H2,1-15H3. The lowest BCUT2D eigenvalue weighted by Gasteiger charge is -2.46. The maximum absolute atomic E-state index is 13.8. The molecule has 1 heterocycles. The lowest BCUT2D eigenvalue weighted by atomic mass is 9.66. The van der Waals surface area contributed by atoms with Gasteiger partial charge >= 0.3 is 11.9 Å². The van der Waals surface area contributed by atoms with E-state index in [1.165, 1.54) is 5.57 Å². The highest BCUT2D eigenvalue weighted by atomic mass is 28.4. The maximum Gasteiger partial charge on any atom is 0.310 e. The SMILES string of the molecule is CC1C=CC2=CC(O[Si](C)(C)C(C)(C)C)CC(OC(=O)C3C(C)(C)C3(C)C)C2C1CCC1CC(O[Si](C)(C)C(C)(C)C)CC(=O)O1. The second kappa shape index (κ2) is 12.6. The van der Waals surface area contributed by atoms with Crippen LogP contribution in [0.5, 0.6) is 0 Å². The number of ether oxygens (including phenoxy) is 2. The van der Waals surface area contributed by atoms with E-state index in [-0.39, 0.29) is 75.0 Å². The summed E-state index contributed by atoms with van der Waals surface area (Å²) in [5.74, 6) is 0.342. The molecular formula is C38H66O6Si2. The van der Waals surface area contributed by atoms with Crippen molar-refractivity contribution in [3.63, 3.8) is 0 Å². The van der Waals surface area contributed by atoms with Gasteiger partial charge in [0.2, 0.25) is 0 Å². The number of cyclic esters (lactones) is 1. The van der Waals surface area contributed by atoms with Gasteiger partial charge in [-0.25, -0.2) is 0 Å². The normalized spacial score (nSPS) is 33.2. The Hall–Kier alpha value is -1.23. The molecule has 0 aromatic rings. The van der Waals surface area contributed by atoms with Gasteiger partial charge in [-0.3, -0.25) is 9.59 Å². The zero-order valence-electron chi connectivity index (χ0n) is 31.8. The number of rotatable bonds is 9. The van der Waals surface area contributed by atoms with Crippen LogP contribution >= 0.6 is 0 Å². The highest BCUT2D eigenvalue weighted by Gasteiger charge is 2.69. The molecule has 0 radical (unpaired) electrons. The Morgan fingerprint density at radius 1 is 0.913 bits per heavy atom. The monoisotopic (exact) mass is 674 g/mol. The van der Waals surface area contributed by atoms with Crippen molar-refractivity contribution in [2.45, 2.75) is 169 Å². The van der Waals surface area contributed by atoms with Gasteiger partial charge in [-0.15, -0.1) is 0 Å². The smallest absolute Gasteiger partial charge is 0.310 e. The van der Waals surface area contributed by atoms with Crippen LogP contribution in [-0.4, -0.2) is 53.0 Å². The van der Waals surface area contributed by atoms with Gasteiger partial charge in [-0.1, -0.05) is 94.4 Å². The van der Waals surface area contributed by atoms with Crippen molar-refractivity contribution in [2.24, 2.45) is 34.5 Å². The Morgan fingerprint density at radius 2 is 1.48 bits per heavy atom. The zero-order chi connectivity index (χ0) is 34.8. The lowest BCUT2D eigenvalue weighted by molar-refractivity contribution is -0.161. The van der Waals surface area contributed by atoms with E-state index >= 15 is 0 Å². The van der Waals surface area contributed by atoms with E-state index in [4.69, 9.17) is 18.3 Å². The van der Waals surface area contributed by atoms with E-state index < -0.39 is 16.6 Å². The molecule has 3 aliphatic carbocycles. The minimum Gasteiger partial charge on any atom is -0.462 e. The van der Waals surface area contributed by atoms with E-state index in [9.17, 15) is 9.59 Å². The van der Waals surface area contributed by atoms with Gasteiger partial charge in [0.05, 0.1) is 24.5 Å². The third-order valence-corrected chi connectivity index (χ3v) is 22.5. The van der Waals surface area contributed by atoms with Gasteiger partial charge in [0, 0.05) is 18.8 Å². The molecule has 0 aromatic heterocycles. The molecule has 4 rings (SSSR count). The summed E-state index contributed by atoms with van der Waals surface area (Å²) in [6, 6.07) is 0. The fraction of sp³-hybridized carbons (Fsp3) is 0.842. The Morgan fingerprint density at radius 3 is 2.02 bits per heavy atom. The van der Waals surface area contributed by atoms with E-state index in [1.54, 1.807) is 0 Å². The Balaban J connectivity index is 1.56. The highest BCUT2D eigenvalue weighted by Crippen LogP contribution is 2.69. The molecule has 0 bridgehead atoms. The summed E-state index contributed by atoms with van der Waals surface area (Å²) in [7, 11) is -4.06. The number of fused-ring (bicyclic) bond motifs is 1. The van der Waals surface area contributed by atoms with Crippen LogP contribution in [0.4, 0.5) is 0 Å². The summed E-state index contributed by atoms with van der Waals surface area (Å²) in [5, 5.41) is 0.167. The summed E-state index contributed by atoms with van der Waals surface area (Å²) < 4.78 is 26.1. The number of carbonyl (C=O) groups excluding carboxylic acids is 2. The average molecular weight is 675 g/mol. The summed E-state index contributed by atoms with van der Waals surface area (Å²) in [4.78, 5) is 26.6. The second-order valence-electron chi connectivity index (χ2n) is 19.2. The van der Waals surface area contributed by atoms with E-state index in [0.29, 0.717) is 18.8 Å². The van der Waals surface area contributed by atoms with Crippen LogP contribution in [0.3, 0.4) is 0 Å². The van der Waals surface area contributed by atoms with E-state index in [2.05, 4.69) is 121 Å². The van der Waals surface area contributed by atoms with Crippen LogP contribution in [0.2, 0.25) is 36.3 Å². The molecular weight excluding hydrogens is 609 g/mol. The quantitative estimate of drug-likeness (QED) is 0.179. The Bertz CT molecular complexity index is 1200. The summed E-state index contributed by atoms with van der Waals surface area (Å²) >= 11 is 0. The summed E-state index contributed by atoms with van der Waals surface area (Å²) in [6.45, 7) is 33.6. The number of esters is 2. The largest absolute Gasteiger partial charge is 0.462 e. The van der Waals surface area contributed by atoms with Crippen LogP contribution in [-0.2, 0) is 27.9 Å². The topological polar surface area (TPSA) is 71.1 Å². The van der Waals surface area contributed by atoms with Gasteiger partial charge in [-0.05, 0) is 77.3 Å². The fourth-order valence-corrected chi connectivity index (χ4v) is 10.3. The number of carbonyl (C=O) groups is 2. The molecule has 6 nitrogen and oxygen atoms in total. The molecule has 0 N–H and O–H groups in total. The summed E-state index contributed by atoms with van der Waals surface area (Å²) in [5.41, 5.74) is 1.06. The summed E-state index contributed by atoms with van der Waals surface area (Å²) in [6.07, 6.45) is 9.72. The number of hydrogen-bond donors (Lipinski definition) is 0. The van der Waals surface area contributed by atoms with Crippen molar-refractivity contribution < 1.29 is 27.9 Å². The van der Waals surface area contributed by atoms with E-state index in [0.717, 1.165) is 19.3 Å². The van der Waals surface area contributed by atoms with Crippen LogP contribution < -0.4 is 0 Å². The first-order valence-electron chi connectivity index (χ1n) is 17.9. The van der Waals surface area contributed by atoms with Crippen LogP contribution in [0.15, 0.2) is 23.8 Å². The first kappa shape index (κ1) is 37.6. The molecule has 0 spiro atoms. The maximum atomic E-state index is 13.8.